The third-order valence-electron chi connectivity index (χ3n) is 1.84. The van der Waals surface area contributed by atoms with Crippen LogP contribution in [0, 0.1) is 0 Å². The molecule has 0 atom stereocenters. The molecule has 0 aliphatic heterocycles. The van der Waals surface area contributed by atoms with Crippen molar-refractivity contribution in [2.45, 2.75) is 40.0 Å². The van der Waals surface area contributed by atoms with Crippen LogP contribution in [0.15, 0.2) is 23.8 Å². The van der Waals surface area contributed by atoms with Crippen molar-refractivity contribution >= 4 is 5.91 Å². The van der Waals surface area contributed by atoms with Crippen LogP contribution >= 0.6 is 0 Å². The van der Waals surface area contributed by atoms with Crippen LogP contribution in [0.25, 0.3) is 0 Å². The molecule has 14 heavy (non-hydrogen) atoms. The molecule has 0 aromatic heterocycles. The van der Waals surface area contributed by atoms with E-state index in [1.165, 1.54) is 12.5 Å². The Bertz CT molecular complexity index is 216. The number of carbonyl (C=O) groups excluding carboxylic acids is 1. The molecule has 0 saturated heterocycles. The molecular weight excluding hydrogens is 174 g/mol. The van der Waals surface area contributed by atoms with Crippen molar-refractivity contribution in [2.75, 3.05) is 6.54 Å². The number of amides is 1. The third kappa shape index (κ3) is 9.04. The van der Waals surface area contributed by atoms with E-state index in [2.05, 4.69) is 30.5 Å². The van der Waals surface area contributed by atoms with Gasteiger partial charge in [0, 0.05) is 13.5 Å². The summed E-state index contributed by atoms with van der Waals surface area (Å²) in [5.74, 6) is 0.0311. The summed E-state index contributed by atoms with van der Waals surface area (Å²) in [5, 5.41) is 2.77. The number of hydrogen-bond donors (Lipinski definition) is 1. The van der Waals surface area contributed by atoms with E-state index < -0.39 is 0 Å². The summed E-state index contributed by atoms with van der Waals surface area (Å²) in [6.07, 6.45) is 9.80. The Kier molecular flexibility index (Phi) is 7.90. The minimum absolute atomic E-state index is 0.0311. The Morgan fingerprint density at radius 3 is 2.50 bits per heavy atom. The van der Waals surface area contributed by atoms with Crippen LogP contribution < -0.4 is 5.32 Å². The van der Waals surface area contributed by atoms with Gasteiger partial charge in [0.05, 0.1) is 0 Å². The van der Waals surface area contributed by atoms with Gasteiger partial charge in [-0.3, -0.25) is 4.79 Å². The van der Waals surface area contributed by atoms with Gasteiger partial charge in [-0.15, -0.1) is 0 Å². The van der Waals surface area contributed by atoms with Gasteiger partial charge in [0.1, 0.15) is 0 Å². The Morgan fingerprint density at radius 1 is 1.21 bits per heavy atom. The fourth-order valence-electron chi connectivity index (χ4n) is 1.05. The van der Waals surface area contributed by atoms with E-state index in [9.17, 15) is 4.79 Å². The van der Waals surface area contributed by atoms with E-state index in [4.69, 9.17) is 0 Å². The molecule has 0 radical (unpaired) electrons. The minimum atomic E-state index is 0.0311. The maximum Gasteiger partial charge on any atom is 0.217 e. The molecular formula is C12H21NO. The maximum absolute atomic E-state index is 10.6. The fraction of sp³-hybridized carbons (Fsp3) is 0.583. The second kappa shape index (κ2) is 8.54. The zero-order valence-corrected chi connectivity index (χ0v) is 9.47. The lowest BCUT2D eigenvalue weighted by molar-refractivity contribution is -0.118. The molecule has 80 valence electrons. The lowest BCUT2D eigenvalue weighted by Crippen LogP contribution is -2.21. The largest absolute Gasteiger partial charge is 0.353 e. The molecule has 2 heteroatoms. The molecule has 0 spiro atoms. The molecule has 0 heterocycles. The molecule has 0 aromatic carbocycles. The van der Waals surface area contributed by atoms with Gasteiger partial charge < -0.3 is 5.32 Å². The van der Waals surface area contributed by atoms with Gasteiger partial charge in [-0.2, -0.15) is 0 Å². The lowest BCUT2D eigenvalue weighted by Gasteiger charge is -2.01. The van der Waals surface area contributed by atoms with Gasteiger partial charge in [0.25, 0.3) is 0 Å². The number of nitrogens with one attached hydrogen (secondary N) is 1. The molecule has 0 aromatic rings. The van der Waals surface area contributed by atoms with E-state index in [0.717, 1.165) is 19.3 Å². The molecule has 1 amide bonds. The molecule has 0 unspecified atom stereocenters. The monoisotopic (exact) mass is 195 g/mol. The van der Waals surface area contributed by atoms with Crippen LogP contribution in [0.4, 0.5) is 0 Å². The van der Waals surface area contributed by atoms with Crippen molar-refractivity contribution in [3.8, 4) is 0 Å². The maximum atomic E-state index is 10.6. The highest BCUT2D eigenvalue weighted by atomic mass is 16.1. The second-order valence-electron chi connectivity index (χ2n) is 3.42. The Hall–Kier alpha value is -1.05. The van der Waals surface area contributed by atoms with Gasteiger partial charge in [0.15, 0.2) is 0 Å². The van der Waals surface area contributed by atoms with E-state index in [1.807, 2.05) is 6.92 Å². The molecule has 1 N–H and O–H groups in total. The molecule has 0 saturated carbocycles. The summed E-state index contributed by atoms with van der Waals surface area (Å²) in [7, 11) is 0. The van der Waals surface area contributed by atoms with Crippen LogP contribution in [-0.2, 0) is 4.79 Å². The zero-order valence-electron chi connectivity index (χ0n) is 9.47. The SMILES string of the molecule is CC/C=C\CC/C=C(/C)CNC(C)=O. The number of allylic oxidation sites excluding steroid dienone is 3. The summed E-state index contributed by atoms with van der Waals surface area (Å²) < 4.78 is 0. The molecule has 0 aliphatic rings. The summed E-state index contributed by atoms with van der Waals surface area (Å²) in [6, 6.07) is 0. The quantitative estimate of drug-likeness (QED) is 0.512. The minimum Gasteiger partial charge on any atom is -0.353 e. The van der Waals surface area contributed by atoms with Crippen molar-refractivity contribution < 1.29 is 4.79 Å². The predicted octanol–water partition coefficient (Wildman–Crippen LogP) is 2.82. The Labute approximate surface area is 87.1 Å². The standard InChI is InChI=1S/C12H21NO/c1-4-5-6-7-8-9-11(2)10-13-12(3)14/h5-6,9H,4,7-8,10H2,1-3H3,(H,13,14)/b6-5-,11-9-. The highest BCUT2D eigenvalue weighted by Gasteiger charge is 1.91. The van der Waals surface area contributed by atoms with Crippen LogP contribution in [0.1, 0.15) is 40.0 Å². The molecule has 2 nitrogen and oxygen atoms in total. The van der Waals surface area contributed by atoms with Crippen LogP contribution in [0.3, 0.4) is 0 Å². The first-order valence-corrected chi connectivity index (χ1v) is 5.22. The van der Waals surface area contributed by atoms with Gasteiger partial charge in [-0.1, -0.05) is 30.7 Å². The highest BCUT2D eigenvalue weighted by Crippen LogP contribution is 1.98. The molecule has 0 bridgehead atoms. The second-order valence-corrected chi connectivity index (χ2v) is 3.42. The van der Waals surface area contributed by atoms with Crippen molar-refractivity contribution in [3.63, 3.8) is 0 Å². The number of carbonyl (C=O) groups is 1. The van der Waals surface area contributed by atoms with Gasteiger partial charge in [-0.05, 0) is 26.2 Å². The average molecular weight is 195 g/mol. The first-order chi connectivity index (χ1) is 6.66. The number of unbranched alkanes of at least 4 members (excludes halogenated alkanes) is 1. The normalized spacial score (nSPS) is 12.1. The summed E-state index contributed by atoms with van der Waals surface area (Å²) >= 11 is 0. The highest BCUT2D eigenvalue weighted by molar-refractivity contribution is 5.73. The molecule has 0 fully saturated rings. The average Bonchev–Trinajstić information content (AvgIpc) is 2.14. The summed E-state index contributed by atoms with van der Waals surface area (Å²) in [6.45, 7) is 6.39. The summed E-state index contributed by atoms with van der Waals surface area (Å²) in [4.78, 5) is 10.6. The summed E-state index contributed by atoms with van der Waals surface area (Å²) in [5.41, 5.74) is 1.23. The number of rotatable bonds is 6. The van der Waals surface area contributed by atoms with Crippen LogP contribution in [-0.4, -0.2) is 12.5 Å². The topological polar surface area (TPSA) is 29.1 Å². The Balaban J connectivity index is 3.55. The van der Waals surface area contributed by atoms with Gasteiger partial charge >= 0.3 is 0 Å². The van der Waals surface area contributed by atoms with Crippen molar-refractivity contribution in [1.82, 2.24) is 5.32 Å². The molecule has 0 rings (SSSR count). The van der Waals surface area contributed by atoms with Gasteiger partial charge in [0.2, 0.25) is 5.91 Å². The molecule has 0 aliphatic carbocycles. The van der Waals surface area contributed by atoms with E-state index in [-0.39, 0.29) is 5.91 Å². The van der Waals surface area contributed by atoms with Crippen LogP contribution in [0.2, 0.25) is 0 Å². The predicted molar refractivity (Wildman–Crippen MR) is 61.1 cm³/mol. The number of hydrogen-bond acceptors (Lipinski definition) is 1. The Morgan fingerprint density at radius 2 is 1.93 bits per heavy atom. The third-order valence-corrected chi connectivity index (χ3v) is 1.84. The first-order valence-electron chi connectivity index (χ1n) is 5.22. The van der Waals surface area contributed by atoms with Crippen molar-refractivity contribution in [3.05, 3.63) is 23.8 Å². The smallest absolute Gasteiger partial charge is 0.217 e. The lowest BCUT2D eigenvalue weighted by atomic mass is 10.2. The van der Waals surface area contributed by atoms with Crippen molar-refractivity contribution in [1.29, 1.82) is 0 Å². The van der Waals surface area contributed by atoms with Gasteiger partial charge in [-0.25, -0.2) is 0 Å². The fourth-order valence-corrected chi connectivity index (χ4v) is 1.05. The van der Waals surface area contributed by atoms with Crippen LogP contribution in [0.5, 0.6) is 0 Å². The van der Waals surface area contributed by atoms with Crippen molar-refractivity contribution in [2.24, 2.45) is 0 Å². The first kappa shape index (κ1) is 12.9. The zero-order chi connectivity index (χ0) is 10.8. The van der Waals surface area contributed by atoms with E-state index in [0.29, 0.717) is 6.54 Å². The van der Waals surface area contributed by atoms with E-state index in [1.54, 1.807) is 0 Å². The van der Waals surface area contributed by atoms with E-state index >= 15 is 0 Å².